The number of sulfonamides is 2. The van der Waals surface area contributed by atoms with Gasteiger partial charge in [-0.15, -0.1) is 0 Å². The second-order valence-corrected chi connectivity index (χ2v) is 15.3. The number of benzene rings is 1. The van der Waals surface area contributed by atoms with E-state index >= 15 is 0 Å². The van der Waals surface area contributed by atoms with Crippen molar-refractivity contribution in [3.63, 3.8) is 0 Å². The number of hydrogen-bond donors (Lipinski definition) is 0. The number of hydrogen-bond acceptors (Lipinski definition) is 6. The Balaban J connectivity index is -0.0000000799. The molecule has 0 amide bonds. The molecule has 0 saturated heterocycles. The number of rotatable bonds is 15. The zero-order valence-electron chi connectivity index (χ0n) is 27.5. The Morgan fingerprint density at radius 3 is 1.57 bits per heavy atom. The minimum absolute atomic E-state index is 0. The van der Waals surface area contributed by atoms with Crippen LogP contribution in [0.5, 0.6) is 0 Å². The maximum atomic E-state index is 11.7. The number of ether oxygens (including phenoxy) is 2. The van der Waals surface area contributed by atoms with Gasteiger partial charge in [0.15, 0.2) is 0 Å². The summed E-state index contributed by atoms with van der Waals surface area (Å²) in [7, 11) is -8.05. The molecule has 1 aromatic carbocycles. The van der Waals surface area contributed by atoms with Crippen molar-refractivity contribution in [2.75, 3.05) is 32.7 Å². The van der Waals surface area contributed by atoms with E-state index in [2.05, 4.69) is 45.7 Å². The SMILES string of the molecule is C.C.C.C.C.C.CC(C)C1CCCCC1.CC(C)CCc1ccc(S(=O)(=O)[N-]S(C)(=O)=O)cc1.CCOCCOCCCC(C)C.[K+]. The van der Waals surface area contributed by atoms with Crippen LogP contribution >= 0.6 is 0 Å². The monoisotopic (exact) mass is 740 g/mol. The molecule has 0 unspecified atom stereocenters. The van der Waals surface area contributed by atoms with Gasteiger partial charge >= 0.3 is 51.4 Å². The minimum atomic E-state index is -4.13. The van der Waals surface area contributed by atoms with Crippen LogP contribution in [0.15, 0.2) is 29.2 Å². The average Bonchev–Trinajstić information content (AvgIpc) is 2.87. The standard InChI is InChI=1S/C12H18NO4S2.C10H22O2.C9H18.6CH4.K/c1-10(2)4-5-11-6-8-12(9-7-11)19(16,17)13-18(3,14)15;1-4-11-8-9-12-7-5-6-10(2)3;1-8(2)9-6-4-3-5-7-9;;;;;;;/h6-10H,4-5H2,1-3H3;10H,4-9H2,1-3H3;8-9H,3-7H2,1-2H3;6*1H4;/q-1;;;;;;;;;+1. The molecule has 0 aliphatic heterocycles. The van der Waals surface area contributed by atoms with Gasteiger partial charge in [-0.2, -0.15) is 0 Å². The Labute approximate surface area is 340 Å². The van der Waals surface area contributed by atoms with Gasteiger partial charge in [-0.1, -0.05) is 130 Å². The third-order valence-electron chi connectivity index (χ3n) is 6.70. The fourth-order valence-corrected chi connectivity index (χ4v) is 6.51. The average molecular weight is 740 g/mol. The number of nitrogens with zero attached hydrogens (tertiary/aromatic N) is 1. The Kier molecular flexibility index (Phi) is 53.2. The molecule has 1 aliphatic carbocycles. The summed E-state index contributed by atoms with van der Waals surface area (Å²) in [6, 6.07) is 6.15. The molecule has 284 valence electrons. The van der Waals surface area contributed by atoms with Crippen molar-refractivity contribution in [2.24, 2.45) is 23.7 Å². The van der Waals surface area contributed by atoms with Crippen molar-refractivity contribution in [1.82, 2.24) is 0 Å². The van der Waals surface area contributed by atoms with E-state index in [0.29, 0.717) is 5.92 Å². The first kappa shape index (κ1) is 65.9. The van der Waals surface area contributed by atoms with Gasteiger partial charge in [0.25, 0.3) is 0 Å². The van der Waals surface area contributed by atoms with Crippen molar-refractivity contribution in [2.45, 2.75) is 156 Å². The van der Waals surface area contributed by atoms with E-state index < -0.39 is 20.0 Å². The summed E-state index contributed by atoms with van der Waals surface area (Å²) in [5, 5.41) is 0. The van der Waals surface area contributed by atoms with E-state index in [9.17, 15) is 16.8 Å². The van der Waals surface area contributed by atoms with Gasteiger partial charge in [0.05, 0.1) is 23.2 Å². The summed E-state index contributed by atoms with van der Waals surface area (Å²) in [5.41, 5.74) is 1.02. The summed E-state index contributed by atoms with van der Waals surface area (Å²) >= 11 is 0. The first-order valence-electron chi connectivity index (χ1n) is 15.1. The Morgan fingerprint density at radius 1 is 0.723 bits per heavy atom. The predicted octanol–water partition coefficient (Wildman–Crippen LogP) is 8.82. The molecule has 0 atom stereocenters. The van der Waals surface area contributed by atoms with Crippen LogP contribution in [-0.2, 0) is 35.9 Å². The fourth-order valence-electron chi connectivity index (χ4n) is 4.26. The van der Waals surface area contributed by atoms with E-state index in [0.717, 1.165) is 68.8 Å². The van der Waals surface area contributed by atoms with Gasteiger partial charge in [-0.05, 0) is 74.0 Å². The van der Waals surface area contributed by atoms with Crippen LogP contribution in [0.3, 0.4) is 0 Å². The topological polar surface area (TPSA) is 101 Å². The maximum absolute atomic E-state index is 11.7. The molecule has 47 heavy (non-hydrogen) atoms. The molecule has 0 heterocycles. The summed E-state index contributed by atoms with van der Waals surface area (Å²) in [4.78, 5) is -0.105. The molecular weight excluding hydrogens is 658 g/mol. The second-order valence-electron chi connectivity index (χ2n) is 11.8. The normalized spacial score (nSPS) is 12.4. The second kappa shape index (κ2) is 37.9. The van der Waals surface area contributed by atoms with Gasteiger partial charge in [0.2, 0.25) is 0 Å². The molecular formula is C37H82KNO6S2. The third kappa shape index (κ3) is 39.3. The molecule has 0 N–H and O–H groups in total. The summed E-state index contributed by atoms with van der Waals surface area (Å²) in [5.74, 6) is 3.35. The Morgan fingerprint density at radius 2 is 1.19 bits per heavy atom. The predicted molar refractivity (Wildman–Crippen MR) is 208 cm³/mol. The van der Waals surface area contributed by atoms with Crippen LogP contribution in [0.4, 0.5) is 0 Å². The maximum Gasteiger partial charge on any atom is 1.00 e. The van der Waals surface area contributed by atoms with Gasteiger partial charge in [0, 0.05) is 24.4 Å². The molecule has 0 bridgehead atoms. The zero-order chi connectivity index (χ0) is 30.6. The fraction of sp³-hybridized carbons (Fsp3) is 0.838. The van der Waals surface area contributed by atoms with Crippen LogP contribution in [0.2, 0.25) is 0 Å². The quantitative estimate of drug-likeness (QED) is 0.132. The smallest absolute Gasteiger partial charge is 0.432 e. The van der Waals surface area contributed by atoms with Crippen molar-refractivity contribution in [1.29, 1.82) is 0 Å². The molecule has 10 heteroatoms. The van der Waals surface area contributed by atoms with Gasteiger partial charge in [-0.25, -0.2) is 16.8 Å². The van der Waals surface area contributed by atoms with Crippen LogP contribution in [0.1, 0.15) is 150 Å². The van der Waals surface area contributed by atoms with E-state index in [4.69, 9.17) is 9.47 Å². The van der Waals surface area contributed by atoms with Gasteiger partial charge < -0.3 is 13.6 Å². The van der Waals surface area contributed by atoms with Crippen molar-refractivity contribution >= 4 is 20.0 Å². The summed E-state index contributed by atoms with van der Waals surface area (Å²) < 4.78 is 58.6. The molecule has 1 fully saturated rings. The summed E-state index contributed by atoms with van der Waals surface area (Å²) in [6.07, 6.45) is 12.5. The van der Waals surface area contributed by atoms with Crippen molar-refractivity contribution in [3.05, 3.63) is 34.0 Å². The Bertz CT molecular complexity index is 961. The molecule has 2 rings (SSSR count). The number of aryl methyl sites for hydroxylation is 1. The van der Waals surface area contributed by atoms with Crippen molar-refractivity contribution in [3.8, 4) is 0 Å². The van der Waals surface area contributed by atoms with Gasteiger partial charge in [0.1, 0.15) is 10.0 Å². The minimum Gasteiger partial charge on any atom is -0.432 e. The molecule has 0 spiro atoms. The first-order valence-corrected chi connectivity index (χ1v) is 18.4. The molecule has 7 nitrogen and oxygen atoms in total. The molecule has 0 radical (unpaired) electrons. The van der Waals surface area contributed by atoms with Crippen LogP contribution in [0.25, 0.3) is 4.13 Å². The van der Waals surface area contributed by atoms with Crippen LogP contribution < -0.4 is 51.4 Å². The Hall–Kier alpha value is 0.636. The third-order valence-corrected chi connectivity index (χ3v) is 9.44. The zero-order valence-corrected chi connectivity index (χ0v) is 32.3. The summed E-state index contributed by atoms with van der Waals surface area (Å²) in [6.45, 7) is 18.6. The van der Waals surface area contributed by atoms with E-state index in [-0.39, 0.29) is 101 Å². The molecule has 0 aromatic heterocycles. The molecule has 1 aromatic rings. The first-order chi connectivity index (χ1) is 18.7. The van der Waals surface area contributed by atoms with E-state index in [1.165, 1.54) is 57.1 Å². The largest absolute Gasteiger partial charge is 1.00 e. The van der Waals surface area contributed by atoms with Crippen molar-refractivity contribution < 1.29 is 77.7 Å². The van der Waals surface area contributed by atoms with E-state index in [1.54, 1.807) is 12.1 Å². The van der Waals surface area contributed by atoms with Gasteiger partial charge in [-0.3, -0.25) is 0 Å². The molecule has 1 aliphatic rings. The molecule has 1 saturated carbocycles. The van der Waals surface area contributed by atoms with Crippen LogP contribution in [-0.4, -0.2) is 49.5 Å². The van der Waals surface area contributed by atoms with Crippen LogP contribution in [0, 0.1) is 23.7 Å². The van der Waals surface area contributed by atoms with E-state index in [1.807, 2.05) is 6.92 Å².